The van der Waals surface area contributed by atoms with Gasteiger partial charge in [0.2, 0.25) is 5.91 Å². The van der Waals surface area contributed by atoms with Gasteiger partial charge in [-0.25, -0.2) is 0 Å². The van der Waals surface area contributed by atoms with Crippen LogP contribution in [0.4, 0.5) is 0 Å². The fourth-order valence-corrected chi connectivity index (χ4v) is 2.97. The zero-order valence-electron chi connectivity index (χ0n) is 12.6. The number of hydrogen-bond acceptors (Lipinski definition) is 2. The average molecular weight is 274 g/mol. The molecule has 2 rings (SSSR count). The Kier molecular flexibility index (Phi) is 5.60. The maximum Gasteiger partial charge on any atom is 0.223 e. The molecule has 20 heavy (non-hydrogen) atoms. The van der Waals surface area contributed by atoms with Crippen molar-refractivity contribution in [3.05, 3.63) is 35.9 Å². The molecule has 0 spiro atoms. The maximum atomic E-state index is 12.4. The summed E-state index contributed by atoms with van der Waals surface area (Å²) in [5.74, 6) is 1.35. The summed E-state index contributed by atoms with van der Waals surface area (Å²) < 4.78 is 0. The molecular weight excluding hydrogens is 248 g/mol. The Morgan fingerprint density at radius 2 is 1.95 bits per heavy atom. The maximum absolute atomic E-state index is 12.4. The Labute approximate surface area is 122 Å². The summed E-state index contributed by atoms with van der Waals surface area (Å²) in [5, 5.41) is 3.23. The Balaban J connectivity index is 1.81. The van der Waals surface area contributed by atoms with Crippen LogP contribution >= 0.6 is 0 Å². The van der Waals surface area contributed by atoms with Crippen LogP contribution in [0.1, 0.15) is 37.7 Å². The minimum absolute atomic E-state index is 0.304. The largest absolute Gasteiger partial charge is 0.343 e. The summed E-state index contributed by atoms with van der Waals surface area (Å²) in [6.45, 7) is 5.06. The predicted molar refractivity (Wildman–Crippen MR) is 82.7 cm³/mol. The van der Waals surface area contributed by atoms with E-state index in [1.54, 1.807) is 0 Å². The summed E-state index contributed by atoms with van der Waals surface area (Å²) >= 11 is 0. The van der Waals surface area contributed by atoms with E-state index in [0.717, 1.165) is 38.4 Å². The number of carbonyl (C=O) groups excluding carboxylic acids is 1. The SMILES string of the molecule is CNCC1CCN(C(=O)CC(C)c2ccccc2)CC1. The molecule has 1 heterocycles. The zero-order valence-corrected chi connectivity index (χ0v) is 12.6. The van der Waals surface area contributed by atoms with Crippen LogP contribution in [0.25, 0.3) is 0 Å². The molecule has 0 radical (unpaired) electrons. The van der Waals surface area contributed by atoms with Crippen LogP contribution in [0.5, 0.6) is 0 Å². The Hall–Kier alpha value is -1.35. The van der Waals surface area contributed by atoms with E-state index < -0.39 is 0 Å². The van der Waals surface area contributed by atoms with Crippen molar-refractivity contribution in [1.82, 2.24) is 10.2 Å². The van der Waals surface area contributed by atoms with Gasteiger partial charge in [-0.05, 0) is 43.8 Å². The lowest BCUT2D eigenvalue weighted by molar-refractivity contribution is -0.132. The van der Waals surface area contributed by atoms with E-state index in [1.165, 1.54) is 5.56 Å². The van der Waals surface area contributed by atoms with Crippen molar-refractivity contribution in [2.45, 2.75) is 32.1 Å². The van der Waals surface area contributed by atoms with E-state index in [2.05, 4.69) is 24.4 Å². The van der Waals surface area contributed by atoms with Crippen LogP contribution in [0.2, 0.25) is 0 Å². The molecule has 1 aliphatic rings. The number of benzene rings is 1. The molecule has 0 saturated carbocycles. The smallest absolute Gasteiger partial charge is 0.223 e. The van der Waals surface area contributed by atoms with Crippen LogP contribution < -0.4 is 5.32 Å². The van der Waals surface area contributed by atoms with Crippen LogP contribution in [0.15, 0.2) is 30.3 Å². The van der Waals surface area contributed by atoms with Crippen molar-refractivity contribution >= 4 is 5.91 Å². The van der Waals surface area contributed by atoms with E-state index in [1.807, 2.05) is 30.1 Å². The summed E-state index contributed by atoms with van der Waals surface area (Å²) in [4.78, 5) is 14.4. The first kappa shape index (κ1) is 15.0. The lowest BCUT2D eigenvalue weighted by Crippen LogP contribution is -2.40. The molecular formula is C17H26N2O. The van der Waals surface area contributed by atoms with Gasteiger partial charge in [0.05, 0.1) is 0 Å². The molecule has 0 bridgehead atoms. The van der Waals surface area contributed by atoms with Crippen molar-refractivity contribution in [1.29, 1.82) is 0 Å². The molecule has 3 nitrogen and oxygen atoms in total. The highest BCUT2D eigenvalue weighted by atomic mass is 16.2. The molecule has 0 aromatic heterocycles. The third kappa shape index (κ3) is 4.07. The molecule has 1 atom stereocenters. The van der Waals surface area contributed by atoms with Gasteiger partial charge < -0.3 is 10.2 Å². The quantitative estimate of drug-likeness (QED) is 0.895. The van der Waals surface area contributed by atoms with Gasteiger partial charge >= 0.3 is 0 Å². The normalized spacial score (nSPS) is 18.0. The van der Waals surface area contributed by atoms with E-state index in [9.17, 15) is 4.79 Å². The average Bonchev–Trinajstić information content (AvgIpc) is 2.49. The van der Waals surface area contributed by atoms with Crippen LogP contribution in [0.3, 0.4) is 0 Å². The molecule has 1 aromatic carbocycles. The number of amides is 1. The van der Waals surface area contributed by atoms with Crippen molar-refractivity contribution in [2.75, 3.05) is 26.7 Å². The fourth-order valence-electron chi connectivity index (χ4n) is 2.97. The number of likely N-dealkylation sites (tertiary alicyclic amines) is 1. The first-order chi connectivity index (χ1) is 9.70. The highest BCUT2D eigenvalue weighted by Gasteiger charge is 2.23. The minimum Gasteiger partial charge on any atom is -0.343 e. The highest BCUT2D eigenvalue weighted by molar-refractivity contribution is 5.77. The fraction of sp³-hybridized carbons (Fsp3) is 0.588. The van der Waals surface area contributed by atoms with Gasteiger partial charge in [0.15, 0.2) is 0 Å². The Morgan fingerprint density at radius 3 is 2.55 bits per heavy atom. The number of nitrogens with zero attached hydrogens (tertiary/aromatic N) is 1. The summed E-state index contributed by atoms with van der Waals surface area (Å²) in [6.07, 6.45) is 2.89. The van der Waals surface area contributed by atoms with Crippen molar-refractivity contribution in [3.8, 4) is 0 Å². The lowest BCUT2D eigenvalue weighted by atomic mass is 9.94. The number of piperidine rings is 1. The van der Waals surface area contributed by atoms with Crippen LogP contribution in [-0.2, 0) is 4.79 Å². The summed E-state index contributed by atoms with van der Waals surface area (Å²) in [7, 11) is 2.00. The van der Waals surface area contributed by atoms with Gasteiger partial charge in [-0.2, -0.15) is 0 Å². The van der Waals surface area contributed by atoms with Crippen molar-refractivity contribution in [3.63, 3.8) is 0 Å². The lowest BCUT2D eigenvalue weighted by Gasteiger charge is -2.32. The second kappa shape index (κ2) is 7.44. The van der Waals surface area contributed by atoms with Gasteiger partial charge in [0, 0.05) is 19.5 Å². The first-order valence-electron chi connectivity index (χ1n) is 7.68. The molecule has 1 amide bonds. The van der Waals surface area contributed by atoms with Gasteiger partial charge in [0.1, 0.15) is 0 Å². The third-order valence-electron chi connectivity index (χ3n) is 4.31. The van der Waals surface area contributed by atoms with Crippen molar-refractivity contribution in [2.24, 2.45) is 5.92 Å². The van der Waals surface area contributed by atoms with Crippen LogP contribution in [0, 0.1) is 5.92 Å². The molecule has 110 valence electrons. The summed E-state index contributed by atoms with van der Waals surface area (Å²) in [5.41, 5.74) is 1.26. The standard InChI is InChI=1S/C17H26N2O/c1-14(16-6-4-3-5-7-16)12-17(20)19-10-8-15(9-11-19)13-18-2/h3-7,14-15,18H,8-13H2,1-2H3. The second-order valence-electron chi connectivity index (χ2n) is 5.90. The Morgan fingerprint density at radius 1 is 1.30 bits per heavy atom. The number of hydrogen-bond donors (Lipinski definition) is 1. The van der Waals surface area contributed by atoms with Crippen LogP contribution in [-0.4, -0.2) is 37.5 Å². The monoisotopic (exact) mass is 274 g/mol. The first-order valence-corrected chi connectivity index (χ1v) is 7.68. The molecule has 1 unspecified atom stereocenters. The molecule has 1 aliphatic heterocycles. The molecule has 1 saturated heterocycles. The number of rotatable bonds is 5. The van der Waals surface area contributed by atoms with Gasteiger partial charge in [-0.3, -0.25) is 4.79 Å². The van der Waals surface area contributed by atoms with Gasteiger partial charge in [-0.15, -0.1) is 0 Å². The minimum atomic E-state index is 0.304. The molecule has 1 N–H and O–H groups in total. The molecule has 0 aliphatic carbocycles. The third-order valence-corrected chi connectivity index (χ3v) is 4.31. The molecule has 1 aromatic rings. The topological polar surface area (TPSA) is 32.3 Å². The number of carbonyl (C=O) groups is 1. The summed E-state index contributed by atoms with van der Waals surface area (Å²) in [6, 6.07) is 10.3. The number of nitrogens with one attached hydrogen (secondary N) is 1. The Bertz CT molecular complexity index is 410. The van der Waals surface area contributed by atoms with Gasteiger partial charge in [-0.1, -0.05) is 37.3 Å². The van der Waals surface area contributed by atoms with E-state index in [4.69, 9.17) is 0 Å². The van der Waals surface area contributed by atoms with E-state index in [-0.39, 0.29) is 0 Å². The van der Waals surface area contributed by atoms with Crippen molar-refractivity contribution < 1.29 is 4.79 Å². The highest BCUT2D eigenvalue weighted by Crippen LogP contribution is 2.22. The molecule has 3 heteroatoms. The molecule has 1 fully saturated rings. The predicted octanol–water partition coefficient (Wildman–Crippen LogP) is 2.64. The van der Waals surface area contributed by atoms with E-state index >= 15 is 0 Å². The van der Waals surface area contributed by atoms with E-state index in [0.29, 0.717) is 18.2 Å². The second-order valence-corrected chi connectivity index (χ2v) is 5.90. The zero-order chi connectivity index (χ0) is 14.4. The van der Waals surface area contributed by atoms with Gasteiger partial charge in [0.25, 0.3) is 0 Å².